The molecule has 1 nitrogen and oxygen atoms in total. The van der Waals surface area contributed by atoms with Gasteiger partial charge in [-0.3, -0.25) is 0 Å². The molecule has 1 aromatic carbocycles. The van der Waals surface area contributed by atoms with Crippen LogP contribution in [0.1, 0.15) is 31.7 Å². The van der Waals surface area contributed by atoms with Crippen LogP contribution in [0.5, 0.6) is 0 Å². The summed E-state index contributed by atoms with van der Waals surface area (Å²) in [6.07, 6.45) is 7.58. The summed E-state index contributed by atoms with van der Waals surface area (Å²) in [6, 6.07) is 12.6. The Labute approximate surface area is 84.4 Å². The summed E-state index contributed by atoms with van der Waals surface area (Å²) >= 11 is 0. The molecule has 0 aliphatic heterocycles. The van der Waals surface area contributed by atoms with E-state index in [-0.39, 0.29) is 0 Å². The summed E-state index contributed by atoms with van der Waals surface area (Å²) in [6.45, 7) is 0. The molecule has 14 heavy (non-hydrogen) atoms. The lowest BCUT2D eigenvalue weighted by Crippen LogP contribution is -2.01. The molecule has 0 N–H and O–H groups in total. The largest absolute Gasteiger partial charge is 0.344 e. The Morgan fingerprint density at radius 1 is 1.14 bits per heavy atom. The summed E-state index contributed by atoms with van der Waals surface area (Å²) in [7, 11) is 0. The highest BCUT2D eigenvalue weighted by molar-refractivity contribution is 5.79. The first-order chi connectivity index (χ1) is 6.95. The fraction of sp³-hybridized carbons (Fsp3) is 0.385. The fourth-order valence-electron chi connectivity index (χ4n) is 2.51. The average molecular weight is 184 g/mol. The summed E-state index contributed by atoms with van der Waals surface area (Å²) in [4.78, 5) is 0. The van der Waals surface area contributed by atoms with Gasteiger partial charge in [-0.1, -0.05) is 31.0 Å². The summed E-state index contributed by atoms with van der Waals surface area (Å²) < 4.78 is 2.41. The van der Waals surface area contributed by atoms with Crippen molar-refractivity contribution in [2.24, 2.45) is 0 Å². The van der Waals surface area contributed by atoms with E-state index in [0.29, 0.717) is 0 Å². The maximum atomic E-state index is 3.33. The molecule has 2 aromatic rings. The first-order valence-corrected chi connectivity index (χ1v) is 5.42. The van der Waals surface area contributed by atoms with Crippen molar-refractivity contribution in [2.75, 3.05) is 0 Å². The second-order valence-corrected chi connectivity index (χ2v) is 4.14. The Morgan fingerprint density at radius 2 is 1.93 bits per heavy atom. The predicted octanol–water partition coefficient (Wildman–Crippen LogP) is 3.56. The van der Waals surface area contributed by atoms with Crippen molar-refractivity contribution in [3.05, 3.63) is 36.5 Å². The van der Waals surface area contributed by atoms with Gasteiger partial charge in [0.15, 0.2) is 0 Å². The molecule has 3 rings (SSSR count). The molecule has 1 aliphatic rings. The van der Waals surface area contributed by atoms with Crippen LogP contribution in [0.4, 0.5) is 0 Å². The van der Waals surface area contributed by atoms with Crippen molar-refractivity contribution in [1.29, 1.82) is 0 Å². The number of hydrogen-bond acceptors (Lipinski definition) is 0. The average Bonchev–Trinajstić information content (AvgIpc) is 2.85. The summed E-state index contributed by atoms with van der Waals surface area (Å²) in [5, 5.41) is 1.25. The van der Waals surface area contributed by atoms with Gasteiger partial charge >= 0.3 is 0 Å². The van der Waals surface area contributed by atoms with Crippen LogP contribution in [0.25, 0.3) is 10.9 Å². The zero-order chi connectivity index (χ0) is 9.38. The van der Waals surface area contributed by atoms with Crippen LogP contribution in [-0.4, -0.2) is 4.57 Å². The Kier molecular flexibility index (Phi) is 1.83. The van der Waals surface area contributed by atoms with Crippen molar-refractivity contribution in [1.82, 2.24) is 4.57 Å². The molecular formula is C13H14N. The third kappa shape index (κ3) is 1.16. The van der Waals surface area contributed by atoms with Crippen LogP contribution < -0.4 is 0 Å². The van der Waals surface area contributed by atoms with Crippen LogP contribution in [-0.2, 0) is 0 Å². The molecule has 1 fully saturated rings. The van der Waals surface area contributed by atoms with Gasteiger partial charge in [0.1, 0.15) is 0 Å². The minimum atomic E-state index is 0.728. The zero-order valence-corrected chi connectivity index (χ0v) is 8.24. The zero-order valence-electron chi connectivity index (χ0n) is 8.24. The molecule has 0 spiro atoms. The van der Waals surface area contributed by atoms with E-state index in [0.717, 1.165) is 6.04 Å². The van der Waals surface area contributed by atoms with Crippen molar-refractivity contribution < 1.29 is 0 Å². The maximum absolute atomic E-state index is 3.33. The van der Waals surface area contributed by atoms with Gasteiger partial charge in [-0.25, -0.2) is 0 Å². The van der Waals surface area contributed by atoms with Gasteiger partial charge in [0, 0.05) is 29.2 Å². The Morgan fingerprint density at radius 3 is 2.79 bits per heavy atom. The van der Waals surface area contributed by atoms with Crippen LogP contribution in [0, 0.1) is 6.07 Å². The first kappa shape index (κ1) is 8.10. The van der Waals surface area contributed by atoms with Crippen molar-refractivity contribution >= 4 is 10.9 Å². The molecule has 71 valence electrons. The fourth-order valence-corrected chi connectivity index (χ4v) is 2.51. The third-order valence-electron chi connectivity index (χ3n) is 3.26. The van der Waals surface area contributed by atoms with E-state index in [9.17, 15) is 0 Å². The highest BCUT2D eigenvalue weighted by atomic mass is 15.0. The molecule has 0 atom stereocenters. The molecule has 0 bridgehead atoms. The molecule has 0 saturated heterocycles. The normalized spacial score (nSPS) is 18.0. The third-order valence-corrected chi connectivity index (χ3v) is 3.26. The number of nitrogens with zero attached hydrogens (tertiary/aromatic N) is 1. The molecule has 1 radical (unpaired) electrons. The van der Waals surface area contributed by atoms with E-state index in [2.05, 4.69) is 41.1 Å². The molecule has 1 aromatic heterocycles. The molecule has 0 unspecified atom stereocenters. The maximum Gasteiger partial charge on any atom is 0.0489 e. The second-order valence-electron chi connectivity index (χ2n) is 4.14. The van der Waals surface area contributed by atoms with Crippen LogP contribution in [0.2, 0.25) is 0 Å². The number of hydrogen-bond donors (Lipinski definition) is 0. The lowest BCUT2D eigenvalue weighted by molar-refractivity contribution is 0.535. The topological polar surface area (TPSA) is 4.93 Å². The Balaban J connectivity index is 2.11. The van der Waals surface area contributed by atoms with E-state index in [1.807, 2.05) is 0 Å². The Bertz CT molecular complexity index is 435. The smallest absolute Gasteiger partial charge is 0.0489 e. The van der Waals surface area contributed by atoms with Crippen molar-refractivity contribution in [3.8, 4) is 0 Å². The lowest BCUT2D eigenvalue weighted by Gasteiger charge is -2.12. The summed E-state index contributed by atoms with van der Waals surface area (Å²) in [5.41, 5.74) is 1.35. The SMILES string of the molecule is [c]1cn(C2CCCC2)c2ccccc12. The number of aromatic nitrogens is 1. The minimum absolute atomic E-state index is 0.728. The second kappa shape index (κ2) is 3.16. The highest BCUT2D eigenvalue weighted by Gasteiger charge is 2.17. The monoisotopic (exact) mass is 184 g/mol. The first-order valence-electron chi connectivity index (χ1n) is 5.42. The van der Waals surface area contributed by atoms with Gasteiger partial charge in [0.2, 0.25) is 0 Å². The highest BCUT2D eigenvalue weighted by Crippen LogP contribution is 2.32. The van der Waals surface area contributed by atoms with E-state index in [4.69, 9.17) is 0 Å². The van der Waals surface area contributed by atoms with Gasteiger partial charge in [0.05, 0.1) is 0 Å². The van der Waals surface area contributed by atoms with Crippen LogP contribution in [0.3, 0.4) is 0 Å². The van der Waals surface area contributed by atoms with Gasteiger partial charge in [-0.05, 0) is 18.9 Å². The number of benzene rings is 1. The van der Waals surface area contributed by atoms with E-state index in [1.165, 1.54) is 36.6 Å². The molecule has 1 aliphatic carbocycles. The molecule has 1 saturated carbocycles. The predicted molar refractivity (Wildman–Crippen MR) is 58.3 cm³/mol. The molecule has 0 amide bonds. The Hall–Kier alpha value is -1.24. The van der Waals surface area contributed by atoms with Gasteiger partial charge < -0.3 is 4.57 Å². The van der Waals surface area contributed by atoms with E-state index >= 15 is 0 Å². The lowest BCUT2D eigenvalue weighted by atomic mass is 10.2. The van der Waals surface area contributed by atoms with Crippen molar-refractivity contribution in [3.63, 3.8) is 0 Å². The number of rotatable bonds is 1. The van der Waals surface area contributed by atoms with Crippen molar-refractivity contribution in [2.45, 2.75) is 31.7 Å². The van der Waals surface area contributed by atoms with Gasteiger partial charge in [-0.2, -0.15) is 0 Å². The summed E-state index contributed by atoms with van der Waals surface area (Å²) in [5.74, 6) is 0. The number of para-hydroxylation sites is 1. The molecule has 1 heterocycles. The van der Waals surface area contributed by atoms with E-state index < -0.39 is 0 Å². The van der Waals surface area contributed by atoms with Gasteiger partial charge in [-0.15, -0.1) is 0 Å². The van der Waals surface area contributed by atoms with Crippen LogP contribution in [0.15, 0.2) is 30.5 Å². The molecular weight excluding hydrogens is 170 g/mol. The minimum Gasteiger partial charge on any atom is -0.344 e. The van der Waals surface area contributed by atoms with Gasteiger partial charge in [0.25, 0.3) is 0 Å². The molecule has 1 heteroatoms. The number of fused-ring (bicyclic) bond motifs is 1. The quantitative estimate of drug-likeness (QED) is 0.638. The van der Waals surface area contributed by atoms with E-state index in [1.54, 1.807) is 0 Å². The van der Waals surface area contributed by atoms with Crippen LogP contribution >= 0.6 is 0 Å². The standard InChI is InChI=1S/C13H14N/c1-4-8-13-11(5-1)9-10-14(13)12-6-2-3-7-12/h1,4-5,8,10,12H,2-3,6-7H2.